The van der Waals surface area contributed by atoms with E-state index in [0.717, 1.165) is 0 Å². The fourth-order valence-electron chi connectivity index (χ4n) is 2.49. The lowest BCUT2D eigenvalue weighted by molar-refractivity contribution is -0.369. The molecule has 0 bridgehead atoms. The van der Waals surface area contributed by atoms with Gasteiger partial charge in [0.05, 0.1) is 12.2 Å². The Bertz CT molecular complexity index is 352. The van der Waals surface area contributed by atoms with Crippen LogP contribution >= 0.6 is 25.3 Å². The molecule has 0 amide bonds. The van der Waals surface area contributed by atoms with E-state index in [2.05, 4.69) is 25.3 Å². The zero-order valence-electron chi connectivity index (χ0n) is 12.0. The predicted octanol–water partition coefficient (Wildman–Crippen LogP) is -3.52. The number of hydrogen-bond acceptors (Lipinski definition) is 11. The highest BCUT2D eigenvalue weighted by Crippen LogP contribution is 2.28. The number of ether oxygens (including phenoxy) is 3. The first-order valence-corrected chi connectivity index (χ1v) is 8.34. The van der Waals surface area contributed by atoms with Crippen molar-refractivity contribution in [1.82, 2.24) is 0 Å². The summed E-state index contributed by atoms with van der Waals surface area (Å²) in [6, 6.07) is 0. The maximum atomic E-state index is 9.93. The van der Waals surface area contributed by atoms with E-state index in [-0.39, 0.29) is 11.5 Å². The van der Waals surface area contributed by atoms with Crippen molar-refractivity contribution in [3.05, 3.63) is 0 Å². The molecule has 10 atom stereocenters. The molecular weight excluding hydrogens is 352 g/mol. The molecule has 0 radical (unpaired) electrons. The molecule has 2 heterocycles. The van der Waals surface area contributed by atoms with Crippen molar-refractivity contribution in [2.24, 2.45) is 0 Å². The maximum absolute atomic E-state index is 9.93. The summed E-state index contributed by atoms with van der Waals surface area (Å²) in [5.74, 6) is 0.110. The summed E-state index contributed by atoms with van der Waals surface area (Å²) in [4.78, 5) is 0. The summed E-state index contributed by atoms with van der Waals surface area (Å²) in [5, 5.41) is 58.9. The van der Waals surface area contributed by atoms with E-state index in [1.54, 1.807) is 0 Å². The Morgan fingerprint density at radius 2 is 0.957 bits per heavy atom. The molecule has 2 saturated heterocycles. The minimum atomic E-state index is -1.60. The molecule has 23 heavy (non-hydrogen) atoms. The van der Waals surface area contributed by atoms with Gasteiger partial charge in [-0.15, -0.1) is 0 Å². The van der Waals surface area contributed by atoms with Gasteiger partial charge < -0.3 is 44.8 Å². The van der Waals surface area contributed by atoms with Gasteiger partial charge in [0.15, 0.2) is 12.6 Å². The molecule has 2 fully saturated rings. The molecule has 6 N–H and O–H groups in total. The average molecular weight is 374 g/mol. The van der Waals surface area contributed by atoms with Gasteiger partial charge in [0.2, 0.25) is 0 Å². The lowest BCUT2D eigenvalue weighted by Gasteiger charge is -2.44. The van der Waals surface area contributed by atoms with E-state index in [4.69, 9.17) is 14.2 Å². The van der Waals surface area contributed by atoms with E-state index in [0.29, 0.717) is 0 Å². The summed E-state index contributed by atoms with van der Waals surface area (Å²) >= 11 is 7.95. The topological polar surface area (TPSA) is 149 Å². The molecule has 0 aliphatic carbocycles. The van der Waals surface area contributed by atoms with Gasteiger partial charge in [-0.3, -0.25) is 0 Å². The Hall–Kier alpha value is 0.340. The Kier molecular flexibility index (Phi) is 6.96. The molecule has 9 nitrogen and oxygen atoms in total. The SMILES string of the molecule is OC1C(O)[C@H](O)C(CS)O[C@H]1O[C@@H]1OC(CS)[C@@H](O)C(O)C1O. The molecule has 0 aromatic carbocycles. The van der Waals surface area contributed by atoms with Gasteiger partial charge in [0.25, 0.3) is 0 Å². The van der Waals surface area contributed by atoms with E-state index >= 15 is 0 Å². The number of aliphatic hydroxyl groups excluding tert-OH is 6. The molecule has 6 unspecified atom stereocenters. The largest absolute Gasteiger partial charge is 0.388 e. The van der Waals surface area contributed by atoms with Crippen LogP contribution in [0.1, 0.15) is 0 Å². The van der Waals surface area contributed by atoms with Gasteiger partial charge in [-0.25, -0.2) is 0 Å². The van der Waals surface area contributed by atoms with Crippen molar-refractivity contribution >= 4 is 25.3 Å². The van der Waals surface area contributed by atoms with Crippen LogP contribution in [0.15, 0.2) is 0 Å². The van der Waals surface area contributed by atoms with Crippen molar-refractivity contribution in [2.45, 2.75) is 61.4 Å². The number of hydrogen-bond donors (Lipinski definition) is 8. The number of rotatable bonds is 4. The predicted molar refractivity (Wildman–Crippen MR) is 82.2 cm³/mol. The highest BCUT2D eigenvalue weighted by molar-refractivity contribution is 7.80. The second-order valence-corrected chi connectivity index (χ2v) is 6.26. The van der Waals surface area contributed by atoms with Gasteiger partial charge in [-0.05, 0) is 0 Å². The van der Waals surface area contributed by atoms with Crippen LogP contribution in [0.4, 0.5) is 0 Å². The fourth-order valence-corrected chi connectivity index (χ4v) is 3.10. The van der Waals surface area contributed by atoms with Gasteiger partial charge in [0.1, 0.15) is 36.6 Å². The molecule has 136 valence electrons. The molecule has 0 aromatic rings. The molecule has 0 spiro atoms. The van der Waals surface area contributed by atoms with Crippen LogP contribution in [0.2, 0.25) is 0 Å². The third-order valence-corrected chi connectivity index (χ3v) is 4.68. The smallest absolute Gasteiger partial charge is 0.189 e. The third kappa shape index (κ3) is 3.96. The number of thiol groups is 2. The first-order valence-electron chi connectivity index (χ1n) is 7.08. The van der Waals surface area contributed by atoms with Crippen LogP contribution in [0, 0.1) is 0 Å². The average Bonchev–Trinajstić information content (AvgIpc) is 2.55. The zero-order chi connectivity index (χ0) is 17.3. The van der Waals surface area contributed by atoms with Crippen LogP contribution in [-0.2, 0) is 14.2 Å². The fraction of sp³-hybridized carbons (Fsp3) is 1.00. The van der Waals surface area contributed by atoms with E-state index in [1.807, 2.05) is 0 Å². The van der Waals surface area contributed by atoms with Crippen molar-refractivity contribution in [2.75, 3.05) is 11.5 Å². The van der Waals surface area contributed by atoms with Crippen molar-refractivity contribution in [1.29, 1.82) is 0 Å². The number of aliphatic hydroxyl groups is 6. The van der Waals surface area contributed by atoms with E-state index in [1.165, 1.54) is 0 Å². The molecule has 2 rings (SSSR count). The minimum Gasteiger partial charge on any atom is -0.388 e. The lowest BCUT2D eigenvalue weighted by atomic mass is 9.98. The van der Waals surface area contributed by atoms with Crippen LogP contribution in [-0.4, -0.2) is 104 Å². The normalized spacial score (nSPS) is 51.7. The van der Waals surface area contributed by atoms with Gasteiger partial charge >= 0.3 is 0 Å². The second kappa shape index (κ2) is 8.15. The maximum Gasteiger partial charge on any atom is 0.189 e. The zero-order valence-corrected chi connectivity index (χ0v) is 13.8. The van der Waals surface area contributed by atoms with Crippen molar-refractivity contribution < 1.29 is 44.8 Å². The monoisotopic (exact) mass is 374 g/mol. The van der Waals surface area contributed by atoms with Crippen LogP contribution in [0.3, 0.4) is 0 Å². The first-order chi connectivity index (χ1) is 10.8. The molecule has 2 aliphatic heterocycles. The Morgan fingerprint density at radius 1 is 0.609 bits per heavy atom. The molecule has 0 saturated carbocycles. The van der Waals surface area contributed by atoms with Crippen molar-refractivity contribution in [3.8, 4) is 0 Å². The molecular formula is C12H22O9S2. The van der Waals surface area contributed by atoms with E-state index < -0.39 is 61.4 Å². The van der Waals surface area contributed by atoms with Crippen LogP contribution in [0.25, 0.3) is 0 Å². The molecule has 0 aromatic heterocycles. The standard InChI is InChI=1S/C12H22O9S2/c13-5-3(1-22)19-11(9(17)7(5)15)21-12-10(18)8(16)6(14)4(2-23)20-12/h3-18,22-23H,1-2H2/t3?,4?,5-,6-,7?,8?,9?,10?,11+,12+/m1/s1. The summed E-state index contributed by atoms with van der Waals surface area (Å²) in [6.07, 6.45) is -13.6. The summed E-state index contributed by atoms with van der Waals surface area (Å²) in [6.45, 7) is 0. The van der Waals surface area contributed by atoms with Crippen LogP contribution < -0.4 is 0 Å². The molecule has 2 aliphatic rings. The summed E-state index contributed by atoms with van der Waals surface area (Å²) in [5.41, 5.74) is 0. The highest BCUT2D eigenvalue weighted by atomic mass is 32.1. The van der Waals surface area contributed by atoms with Crippen LogP contribution in [0.5, 0.6) is 0 Å². The summed E-state index contributed by atoms with van der Waals surface area (Å²) < 4.78 is 15.9. The second-order valence-electron chi connectivity index (χ2n) is 5.53. The summed E-state index contributed by atoms with van der Waals surface area (Å²) in [7, 11) is 0. The first kappa shape index (κ1) is 19.7. The van der Waals surface area contributed by atoms with E-state index in [9.17, 15) is 30.6 Å². The Balaban J connectivity index is 2.07. The lowest BCUT2D eigenvalue weighted by Crippen LogP contribution is -2.63. The van der Waals surface area contributed by atoms with Gasteiger partial charge in [0, 0.05) is 11.5 Å². The molecule has 11 heteroatoms. The van der Waals surface area contributed by atoms with Gasteiger partial charge in [-0.2, -0.15) is 25.3 Å². The van der Waals surface area contributed by atoms with Crippen molar-refractivity contribution in [3.63, 3.8) is 0 Å². The minimum absolute atomic E-state index is 0.0550. The highest BCUT2D eigenvalue weighted by Gasteiger charge is 2.49. The third-order valence-electron chi connectivity index (χ3n) is 3.97. The Morgan fingerprint density at radius 3 is 1.26 bits per heavy atom. The Labute approximate surface area is 143 Å². The van der Waals surface area contributed by atoms with Gasteiger partial charge in [-0.1, -0.05) is 0 Å². The quantitative estimate of drug-likeness (QED) is 0.234.